The number of fused-ring (bicyclic) bond motifs is 3. The number of rotatable bonds is 4. The molecule has 3 aliphatic heterocycles. The first-order valence-corrected chi connectivity index (χ1v) is 12.9. The summed E-state index contributed by atoms with van der Waals surface area (Å²) < 4.78 is 49.6. The summed E-state index contributed by atoms with van der Waals surface area (Å²) in [6, 6.07) is 10.5. The Balaban J connectivity index is 1.38. The molecular formula is C29H24F2N4O5. The highest BCUT2D eigenvalue weighted by atomic mass is 19.2. The molecule has 2 amide bonds. The van der Waals surface area contributed by atoms with Crippen molar-refractivity contribution in [3.63, 3.8) is 0 Å². The second-order valence-corrected chi connectivity index (χ2v) is 10.6. The molecule has 0 saturated carbocycles. The molecule has 40 heavy (non-hydrogen) atoms. The van der Waals surface area contributed by atoms with E-state index in [0.717, 1.165) is 28.1 Å². The molecule has 9 nitrogen and oxygen atoms in total. The third-order valence-electron chi connectivity index (χ3n) is 7.75. The number of aromatic nitrogens is 3. The Kier molecular flexibility index (Phi) is 5.44. The first-order valence-electron chi connectivity index (χ1n) is 12.9. The van der Waals surface area contributed by atoms with Crippen LogP contribution in [0, 0.1) is 18.6 Å². The zero-order chi connectivity index (χ0) is 27.9. The number of benzene rings is 2. The van der Waals surface area contributed by atoms with E-state index in [4.69, 9.17) is 14.2 Å². The Morgan fingerprint density at radius 1 is 0.925 bits per heavy atom. The largest absolute Gasteiger partial charge is 0.346 e. The van der Waals surface area contributed by atoms with Gasteiger partial charge in [0.1, 0.15) is 30.3 Å². The van der Waals surface area contributed by atoms with Gasteiger partial charge >= 0.3 is 0 Å². The Morgan fingerprint density at radius 3 is 2.33 bits per heavy atom. The van der Waals surface area contributed by atoms with Gasteiger partial charge < -0.3 is 18.8 Å². The van der Waals surface area contributed by atoms with E-state index in [1.807, 2.05) is 13.0 Å². The normalized spacial score (nSPS) is 26.0. The van der Waals surface area contributed by atoms with E-state index < -0.39 is 59.8 Å². The predicted octanol–water partition coefficient (Wildman–Crippen LogP) is 4.47. The molecule has 3 aliphatic rings. The predicted molar refractivity (Wildman–Crippen MR) is 136 cm³/mol. The lowest BCUT2D eigenvalue weighted by Gasteiger charge is -2.34. The number of ether oxygens (including phenoxy) is 3. The Hall–Kier alpha value is -4.06. The van der Waals surface area contributed by atoms with Crippen molar-refractivity contribution in [2.75, 3.05) is 0 Å². The van der Waals surface area contributed by atoms with Gasteiger partial charge in [-0.3, -0.25) is 14.5 Å². The minimum atomic E-state index is -1.16. The van der Waals surface area contributed by atoms with Crippen LogP contribution in [-0.4, -0.2) is 55.3 Å². The van der Waals surface area contributed by atoms with Gasteiger partial charge in [-0.05, 0) is 56.7 Å². The van der Waals surface area contributed by atoms with Crippen LogP contribution in [0.15, 0.2) is 61.1 Å². The van der Waals surface area contributed by atoms with Crippen molar-refractivity contribution < 1.29 is 32.6 Å². The van der Waals surface area contributed by atoms with Crippen LogP contribution in [0.4, 0.5) is 8.78 Å². The lowest BCUT2D eigenvalue weighted by atomic mass is 9.94. The second-order valence-electron chi connectivity index (χ2n) is 10.6. The van der Waals surface area contributed by atoms with E-state index >= 15 is 0 Å². The van der Waals surface area contributed by atoms with Crippen molar-refractivity contribution in [3.05, 3.63) is 95.1 Å². The molecule has 7 rings (SSSR count). The number of nitrogens with zero attached hydrogens (tertiary/aromatic N) is 4. The molecule has 2 fully saturated rings. The molecule has 0 radical (unpaired) electrons. The maximum atomic E-state index is 14.6. The van der Waals surface area contributed by atoms with Gasteiger partial charge in [0.05, 0.1) is 22.9 Å². The SMILES string of the molecule is Cc1ncnc2c1ccn2[C@@H]1O[C@H]([C@@H](c2ccc(F)c(F)c2)N2C(=O)c3ccccc3C2=O)[C@H]2OC(C)(C)O[C@H]21. The summed E-state index contributed by atoms with van der Waals surface area (Å²) in [5.41, 5.74) is 2.01. The van der Waals surface area contributed by atoms with Gasteiger partial charge in [0.15, 0.2) is 23.6 Å². The zero-order valence-corrected chi connectivity index (χ0v) is 21.7. The quantitative estimate of drug-likeness (QED) is 0.349. The Bertz CT molecular complexity index is 1670. The van der Waals surface area contributed by atoms with Crippen LogP contribution in [0.3, 0.4) is 0 Å². The van der Waals surface area contributed by atoms with Crippen LogP contribution in [0.2, 0.25) is 0 Å². The molecular weight excluding hydrogens is 522 g/mol. The van der Waals surface area contributed by atoms with Gasteiger partial charge in [-0.2, -0.15) is 0 Å². The highest BCUT2D eigenvalue weighted by Crippen LogP contribution is 2.49. The van der Waals surface area contributed by atoms with E-state index in [2.05, 4.69) is 9.97 Å². The van der Waals surface area contributed by atoms with Crippen LogP contribution >= 0.6 is 0 Å². The van der Waals surface area contributed by atoms with Gasteiger partial charge in [0.2, 0.25) is 0 Å². The molecule has 11 heteroatoms. The van der Waals surface area contributed by atoms with Crippen molar-refractivity contribution in [1.82, 2.24) is 19.4 Å². The van der Waals surface area contributed by atoms with Gasteiger partial charge in [-0.1, -0.05) is 18.2 Å². The molecule has 5 atom stereocenters. The molecule has 2 saturated heterocycles. The van der Waals surface area contributed by atoms with Crippen molar-refractivity contribution in [2.45, 2.75) is 57.1 Å². The summed E-state index contributed by atoms with van der Waals surface area (Å²) in [4.78, 5) is 37.1. The molecule has 0 unspecified atom stereocenters. The summed E-state index contributed by atoms with van der Waals surface area (Å²) in [6.07, 6.45) is 0.0452. The molecule has 2 aromatic heterocycles. The first-order chi connectivity index (χ1) is 19.1. The van der Waals surface area contributed by atoms with E-state index in [1.165, 1.54) is 12.4 Å². The van der Waals surface area contributed by atoms with Gasteiger partial charge in [0.25, 0.3) is 11.8 Å². The average molecular weight is 547 g/mol. The van der Waals surface area contributed by atoms with Crippen molar-refractivity contribution in [3.8, 4) is 0 Å². The molecule has 0 N–H and O–H groups in total. The molecule has 5 heterocycles. The Morgan fingerprint density at radius 2 is 1.62 bits per heavy atom. The summed E-state index contributed by atoms with van der Waals surface area (Å²) in [5.74, 6) is -4.32. The highest BCUT2D eigenvalue weighted by molar-refractivity contribution is 6.21. The third-order valence-corrected chi connectivity index (χ3v) is 7.75. The van der Waals surface area contributed by atoms with E-state index in [9.17, 15) is 18.4 Å². The lowest BCUT2D eigenvalue weighted by Crippen LogP contribution is -2.45. The van der Waals surface area contributed by atoms with Crippen molar-refractivity contribution in [1.29, 1.82) is 0 Å². The molecule has 204 valence electrons. The zero-order valence-electron chi connectivity index (χ0n) is 21.7. The fourth-order valence-electron chi connectivity index (χ4n) is 6.03. The number of imide groups is 1. The first kappa shape index (κ1) is 24.9. The fraction of sp³-hybridized carbons (Fsp3) is 0.310. The Labute approximate surface area is 227 Å². The summed E-state index contributed by atoms with van der Waals surface area (Å²) in [5, 5.41) is 0.821. The van der Waals surface area contributed by atoms with E-state index in [-0.39, 0.29) is 16.7 Å². The summed E-state index contributed by atoms with van der Waals surface area (Å²) in [7, 11) is 0. The molecule has 0 spiro atoms. The molecule has 0 bridgehead atoms. The number of amides is 2. The lowest BCUT2D eigenvalue weighted by molar-refractivity contribution is -0.201. The van der Waals surface area contributed by atoms with Crippen LogP contribution in [0.5, 0.6) is 0 Å². The number of hydrogen-bond donors (Lipinski definition) is 0. The molecule has 2 aromatic carbocycles. The highest BCUT2D eigenvalue weighted by Gasteiger charge is 2.60. The minimum Gasteiger partial charge on any atom is -0.346 e. The fourth-order valence-corrected chi connectivity index (χ4v) is 6.03. The molecule has 4 aromatic rings. The van der Waals surface area contributed by atoms with Crippen LogP contribution in [-0.2, 0) is 14.2 Å². The molecule has 0 aliphatic carbocycles. The standard InChI is InChI=1S/C29H24F2N4O5/c1-14-16-10-11-34(25(16)33-13-32-14)28-24-23(39-29(2,3)40-24)22(38-28)21(15-8-9-19(30)20(31)12-15)35-26(36)17-6-4-5-7-18(17)27(35)37/h4-13,21-24,28H,1-3H3/t21-,22-,23-,24-,28-/m1/s1. The van der Waals surface area contributed by atoms with Gasteiger partial charge in [-0.15, -0.1) is 0 Å². The topological polar surface area (TPSA) is 95.8 Å². The number of carbonyl (C=O) groups is 2. The van der Waals surface area contributed by atoms with Crippen molar-refractivity contribution in [2.24, 2.45) is 0 Å². The number of hydrogen-bond acceptors (Lipinski definition) is 7. The number of carbonyl (C=O) groups excluding carboxylic acids is 2. The number of halogens is 2. The maximum Gasteiger partial charge on any atom is 0.262 e. The van der Waals surface area contributed by atoms with Crippen LogP contribution in [0.25, 0.3) is 11.0 Å². The van der Waals surface area contributed by atoms with Crippen molar-refractivity contribution >= 4 is 22.8 Å². The van der Waals surface area contributed by atoms with E-state index in [1.54, 1.807) is 48.9 Å². The maximum absolute atomic E-state index is 14.6. The average Bonchev–Trinajstić information content (AvgIpc) is 3.64. The second kappa shape index (κ2) is 8.72. The summed E-state index contributed by atoms with van der Waals surface area (Å²) >= 11 is 0. The third kappa shape index (κ3) is 3.61. The van der Waals surface area contributed by atoms with E-state index in [0.29, 0.717) is 5.65 Å². The van der Waals surface area contributed by atoms with Crippen LogP contribution in [0.1, 0.15) is 58.1 Å². The van der Waals surface area contributed by atoms with Gasteiger partial charge in [-0.25, -0.2) is 18.7 Å². The number of aryl methyl sites for hydroxylation is 1. The smallest absolute Gasteiger partial charge is 0.262 e. The minimum absolute atomic E-state index is 0.182. The monoisotopic (exact) mass is 546 g/mol. The summed E-state index contributed by atoms with van der Waals surface area (Å²) in [6.45, 7) is 5.39. The van der Waals surface area contributed by atoms with Crippen LogP contribution < -0.4 is 0 Å². The van der Waals surface area contributed by atoms with Gasteiger partial charge in [0, 0.05) is 11.6 Å².